The predicted molar refractivity (Wildman–Crippen MR) is 108 cm³/mol. The first-order chi connectivity index (χ1) is 13.1. The minimum absolute atomic E-state index is 0.313. The van der Waals surface area contributed by atoms with Gasteiger partial charge >= 0.3 is 0 Å². The molecule has 3 aromatic rings. The normalized spacial score (nSPS) is 10.8. The summed E-state index contributed by atoms with van der Waals surface area (Å²) in [7, 11) is 3.13. The minimum Gasteiger partial charge on any atom is -0.493 e. The highest BCUT2D eigenvalue weighted by Gasteiger charge is 2.11. The lowest BCUT2D eigenvalue weighted by molar-refractivity contribution is -0.111. The van der Waals surface area contributed by atoms with Crippen molar-refractivity contribution in [3.63, 3.8) is 0 Å². The molecule has 0 atom stereocenters. The zero-order chi connectivity index (χ0) is 19.2. The number of nitrogens with one attached hydrogen (secondary N) is 1. The van der Waals surface area contributed by atoms with Crippen molar-refractivity contribution in [2.75, 3.05) is 19.5 Å². The van der Waals surface area contributed by atoms with Gasteiger partial charge in [0.05, 0.1) is 19.2 Å². The van der Waals surface area contributed by atoms with Gasteiger partial charge in [-0.1, -0.05) is 47.2 Å². The summed E-state index contributed by atoms with van der Waals surface area (Å²) < 4.78 is 10.4. The van der Waals surface area contributed by atoms with Gasteiger partial charge in [-0.15, -0.1) is 10.2 Å². The van der Waals surface area contributed by atoms with Crippen LogP contribution in [0.3, 0.4) is 0 Å². The fraction of sp³-hybridized carbons (Fsp3) is 0.105. The van der Waals surface area contributed by atoms with Gasteiger partial charge in [-0.3, -0.25) is 10.1 Å². The zero-order valence-corrected chi connectivity index (χ0v) is 16.2. The Labute approximate surface area is 165 Å². The van der Waals surface area contributed by atoms with E-state index in [2.05, 4.69) is 15.5 Å². The number of aromatic nitrogens is 2. The van der Waals surface area contributed by atoms with E-state index in [0.717, 1.165) is 11.1 Å². The topological polar surface area (TPSA) is 73.3 Å². The van der Waals surface area contributed by atoms with E-state index in [9.17, 15) is 4.79 Å². The Balaban J connectivity index is 1.68. The minimum atomic E-state index is -0.313. The molecule has 0 fully saturated rings. The summed E-state index contributed by atoms with van der Waals surface area (Å²) in [5.74, 6) is 0.903. The van der Waals surface area contributed by atoms with Gasteiger partial charge in [0.2, 0.25) is 11.0 Å². The van der Waals surface area contributed by atoms with Gasteiger partial charge in [-0.2, -0.15) is 0 Å². The smallest absolute Gasteiger partial charge is 0.250 e. The molecule has 0 saturated carbocycles. The van der Waals surface area contributed by atoms with Gasteiger partial charge in [0.1, 0.15) is 0 Å². The average molecular weight is 402 g/mol. The molecule has 0 saturated heterocycles. The summed E-state index contributed by atoms with van der Waals surface area (Å²) >= 11 is 7.41. The molecule has 1 N–H and O–H groups in total. The molecule has 0 aliphatic heterocycles. The number of ether oxygens (including phenoxy) is 2. The number of hydrogen-bond acceptors (Lipinski definition) is 6. The molecule has 0 aliphatic rings. The van der Waals surface area contributed by atoms with Crippen molar-refractivity contribution >= 4 is 40.1 Å². The summed E-state index contributed by atoms with van der Waals surface area (Å²) in [5.41, 5.74) is 1.58. The fourth-order valence-corrected chi connectivity index (χ4v) is 3.36. The van der Waals surface area contributed by atoms with Crippen LogP contribution in [-0.4, -0.2) is 30.3 Å². The SMILES string of the molecule is COc1ccc(C=CC(=O)Nc2nnc(-c3ccccc3Cl)s2)cc1OC. The maximum Gasteiger partial charge on any atom is 0.250 e. The van der Waals surface area contributed by atoms with Gasteiger partial charge in [-0.25, -0.2) is 0 Å². The van der Waals surface area contributed by atoms with Crippen molar-refractivity contribution in [1.82, 2.24) is 10.2 Å². The van der Waals surface area contributed by atoms with E-state index in [1.165, 1.54) is 17.4 Å². The monoisotopic (exact) mass is 401 g/mol. The summed E-state index contributed by atoms with van der Waals surface area (Å²) in [6.45, 7) is 0. The van der Waals surface area contributed by atoms with Crippen LogP contribution in [0.4, 0.5) is 5.13 Å². The number of carbonyl (C=O) groups excluding carboxylic acids is 1. The number of benzene rings is 2. The van der Waals surface area contributed by atoms with Gasteiger partial charge in [0.15, 0.2) is 16.5 Å². The van der Waals surface area contributed by atoms with Crippen LogP contribution in [-0.2, 0) is 4.79 Å². The average Bonchev–Trinajstić information content (AvgIpc) is 3.14. The highest BCUT2D eigenvalue weighted by atomic mass is 35.5. The number of hydrogen-bond donors (Lipinski definition) is 1. The van der Waals surface area contributed by atoms with Crippen LogP contribution in [0, 0.1) is 0 Å². The lowest BCUT2D eigenvalue weighted by Gasteiger charge is -2.07. The van der Waals surface area contributed by atoms with E-state index in [0.29, 0.717) is 26.7 Å². The quantitative estimate of drug-likeness (QED) is 0.614. The molecule has 138 valence electrons. The zero-order valence-electron chi connectivity index (χ0n) is 14.6. The number of nitrogens with zero attached hydrogens (tertiary/aromatic N) is 2. The van der Waals surface area contributed by atoms with Crippen molar-refractivity contribution in [1.29, 1.82) is 0 Å². The number of rotatable bonds is 6. The van der Waals surface area contributed by atoms with Crippen molar-refractivity contribution < 1.29 is 14.3 Å². The third kappa shape index (κ3) is 4.64. The molecule has 0 spiro atoms. The molecule has 0 bridgehead atoms. The highest BCUT2D eigenvalue weighted by Crippen LogP contribution is 2.31. The molecular formula is C19H16ClN3O3S. The first-order valence-electron chi connectivity index (χ1n) is 7.90. The number of anilines is 1. The molecule has 0 aliphatic carbocycles. The van der Waals surface area contributed by atoms with Crippen LogP contribution in [0.25, 0.3) is 16.6 Å². The Bertz CT molecular complexity index is 988. The second-order valence-corrected chi connectivity index (χ2v) is 6.71. The van der Waals surface area contributed by atoms with Gasteiger partial charge in [0.25, 0.3) is 0 Å². The van der Waals surface area contributed by atoms with Gasteiger partial charge in [-0.05, 0) is 29.8 Å². The Hall–Kier alpha value is -2.90. The molecule has 3 rings (SSSR count). The van der Waals surface area contributed by atoms with Crippen LogP contribution < -0.4 is 14.8 Å². The van der Waals surface area contributed by atoms with Crippen molar-refractivity contribution in [2.45, 2.75) is 0 Å². The summed E-state index contributed by atoms with van der Waals surface area (Å²) in [6.07, 6.45) is 3.09. The molecule has 8 heteroatoms. The largest absolute Gasteiger partial charge is 0.493 e. The van der Waals surface area contributed by atoms with Crippen molar-refractivity contribution in [2.24, 2.45) is 0 Å². The standard InChI is InChI=1S/C19H16ClN3O3S/c1-25-15-9-7-12(11-16(15)26-2)8-10-17(24)21-19-23-22-18(27-19)13-5-3-4-6-14(13)20/h3-11H,1-2H3,(H,21,23,24). The van der Waals surface area contributed by atoms with E-state index in [4.69, 9.17) is 21.1 Å². The molecule has 1 amide bonds. The first kappa shape index (κ1) is 18.9. The second kappa shape index (κ2) is 8.66. The molecule has 0 radical (unpaired) electrons. The molecule has 2 aromatic carbocycles. The molecule has 6 nitrogen and oxygen atoms in total. The Morgan fingerprint density at radius 1 is 1.11 bits per heavy atom. The summed E-state index contributed by atoms with van der Waals surface area (Å²) in [4.78, 5) is 12.1. The maximum absolute atomic E-state index is 12.1. The molecular weight excluding hydrogens is 386 g/mol. The first-order valence-corrected chi connectivity index (χ1v) is 9.09. The van der Waals surface area contributed by atoms with E-state index in [1.807, 2.05) is 24.3 Å². The third-order valence-corrected chi connectivity index (χ3v) is 4.80. The Kier molecular flexibility index (Phi) is 6.05. The predicted octanol–water partition coefficient (Wildman–Crippen LogP) is 4.53. The van der Waals surface area contributed by atoms with Gasteiger partial charge < -0.3 is 9.47 Å². The summed E-state index contributed by atoms with van der Waals surface area (Å²) in [6, 6.07) is 12.7. The van der Waals surface area contributed by atoms with Crippen LogP contribution in [0.5, 0.6) is 11.5 Å². The van der Waals surface area contributed by atoms with Gasteiger partial charge in [0, 0.05) is 11.6 Å². The Morgan fingerprint density at radius 3 is 2.63 bits per heavy atom. The number of amides is 1. The molecule has 27 heavy (non-hydrogen) atoms. The highest BCUT2D eigenvalue weighted by molar-refractivity contribution is 7.18. The van der Waals surface area contributed by atoms with Crippen LogP contribution in [0.15, 0.2) is 48.5 Å². The number of halogens is 1. The molecule has 1 aromatic heterocycles. The molecule has 1 heterocycles. The summed E-state index contributed by atoms with van der Waals surface area (Å²) in [5, 5.41) is 12.4. The lowest BCUT2D eigenvalue weighted by Crippen LogP contribution is -2.07. The molecule has 0 unspecified atom stereocenters. The maximum atomic E-state index is 12.1. The number of carbonyl (C=O) groups is 1. The lowest BCUT2D eigenvalue weighted by atomic mass is 10.2. The van der Waals surface area contributed by atoms with E-state index >= 15 is 0 Å². The van der Waals surface area contributed by atoms with Crippen molar-refractivity contribution in [3.8, 4) is 22.1 Å². The fourth-order valence-electron chi connectivity index (χ4n) is 2.29. The van der Waals surface area contributed by atoms with Crippen LogP contribution >= 0.6 is 22.9 Å². The van der Waals surface area contributed by atoms with E-state index in [-0.39, 0.29) is 5.91 Å². The third-order valence-electron chi connectivity index (χ3n) is 3.59. The van der Waals surface area contributed by atoms with Crippen LogP contribution in [0.1, 0.15) is 5.56 Å². The van der Waals surface area contributed by atoms with Crippen molar-refractivity contribution in [3.05, 3.63) is 59.1 Å². The number of methoxy groups -OCH3 is 2. The Morgan fingerprint density at radius 2 is 1.89 bits per heavy atom. The van der Waals surface area contributed by atoms with E-state index in [1.54, 1.807) is 38.5 Å². The van der Waals surface area contributed by atoms with E-state index < -0.39 is 0 Å². The second-order valence-electron chi connectivity index (χ2n) is 5.33. The van der Waals surface area contributed by atoms with Crippen LogP contribution in [0.2, 0.25) is 5.02 Å².